The van der Waals surface area contributed by atoms with E-state index >= 15 is 0 Å². The van der Waals surface area contributed by atoms with Gasteiger partial charge in [-0.25, -0.2) is 0 Å². The first-order valence-corrected chi connectivity index (χ1v) is 46.7. The minimum atomic E-state index is -0.0493. The normalized spacial score (nSPS) is 11.6. The molecule has 719 valence electrons. The molecule has 0 amide bonds. The van der Waals surface area contributed by atoms with Crippen LogP contribution in [0.15, 0.2) is 227 Å². The first-order chi connectivity index (χ1) is 64.8. The average Bonchev–Trinajstić information content (AvgIpc) is 1.61. The summed E-state index contributed by atoms with van der Waals surface area (Å²) in [4.78, 5) is 51.4. The second-order valence-corrected chi connectivity index (χ2v) is 38.3. The van der Waals surface area contributed by atoms with E-state index in [0.717, 1.165) is 161 Å². The molecule has 0 aliphatic carbocycles. The smallest absolute Gasteiger partial charge is 0.215 e. The number of nitrogens with zero attached hydrogens (tertiary/aromatic N) is 17. The van der Waals surface area contributed by atoms with E-state index in [9.17, 15) is 0 Å². The number of benzene rings is 11. The topological polar surface area (TPSA) is 205 Å². The zero-order chi connectivity index (χ0) is 94.9. The van der Waals surface area contributed by atoms with Crippen LogP contribution in [0.5, 0.6) is 0 Å². The Morgan fingerprint density at radius 1 is 0.343 bits per heavy atom. The molecule has 0 bridgehead atoms. The number of imidazole rings is 4. The van der Waals surface area contributed by atoms with Crippen LogP contribution >= 0.6 is 22.7 Å². The van der Waals surface area contributed by atoms with Gasteiger partial charge in [-0.3, -0.25) is 54.5 Å². The average molecular weight is 2770 g/mol. The number of aryl methyl sites for hydroxylation is 20. The first kappa shape index (κ1) is 106. The maximum atomic E-state index is 6.09. The fraction of sp³-hybridized carbons (Fsp3) is 0.211. The van der Waals surface area contributed by atoms with E-state index in [1.165, 1.54) is 105 Å². The Labute approximate surface area is 893 Å². The van der Waals surface area contributed by atoms with Gasteiger partial charge in [0.05, 0.1) is 56.0 Å². The van der Waals surface area contributed by atoms with E-state index in [1.807, 2.05) is 162 Å². The fourth-order valence-corrected chi connectivity index (χ4v) is 21.0. The van der Waals surface area contributed by atoms with Gasteiger partial charge in [0, 0.05) is 230 Å². The van der Waals surface area contributed by atoms with Crippen LogP contribution in [0.1, 0.15) is 137 Å². The van der Waals surface area contributed by atoms with Crippen LogP contribution in [-0.2, 0) is 106 Å². The molecule has 1 aliphatic heterocycles. The van der Waals surface area contributed by atoms with Crippen LogP contribution < -0.4 is 0 Å². The molecule has 26 heteroatoms. The van der Waals surface area contributed by atoms with Crippen LogP contribution in [0.2, 0.25) is 0 Å². The quantitative estimate of drug-likeness (QED) is 0.105. The van der Waals surface area contributed by atoms with Gasteiger partial charge in [-0.1, -0.05) is 171 Å². The molecule has 1 aliphatic rings. The summed E-state index contributed by atoms with van der Waals surface area (Å²) >= 11 is 3.39. The summed E-state index contributed by atoms with van der Waals surface area (Å²) in [6, 6.07) is 70.8. The third-order valence-corrected chi connectivity index (χ3v) is 26.5. The molecule has 11 heterocycles. The summed E-state index contributed by atoms with van der Waals surface area (Å²) in [6.07, 6.45) is 17.0. The second-order valence-electron chi connectivity index (χ2n) is 35.8. The number of fused-ring (bicyclic) bond motifs is 5. The summed E-state index contributed by atoms with van der Waals surface area (Å²) in [6.45, 7) is 48.5. The van der Waals surface area contributed by atoms with Crippen molar-refractivity contribution in [3.8, 4) is 108 Å². The van der Waals surface area contributed by atoms with E-state index in [1.54, 1.807) is 29.0 Å². The first-order valence-electron chi connectivity index (χ1n) is 45.1. The van der Waals surface area contributed by atoms with Crippen LogP contribution in [0.3, 0.4) is 0 Å². The second kappa shape index (κ2) is 43.7. The van der Waals surface area contributed by atoms with Crippen molar-refractivity contribution in [2.45, 2.75) is 165 Å². The van der Waals surface area contributed by atoms with Crippen molar-refractivity contribution < 1.29 is 109 Å². The molecular weight excluding hydrogens is 2660 g/mol. The number of hydrogen-bond donors (Lipinski definition) is 0. The molecule has 0 unspecified atom stereocenters. The van der Waals surface area contributed by atoms with Gasteiger partial charge in [-0.2, -0.15) is 5.10 Å². The molecular formula is C114H104Ir5N17O2S2-5. The Bertz CT molecular complexity index is 7910. The summed E-state index contributed by atoms with van der Waals surface area (Å²) < 4.78 is 24.9. The zero-order valence-corrected chi connectivity index (χ0v) is 95.7. The molecule has 21 aromatic rings. The molecule has 0 N–H and O–H groups in total. The third-order valence-electron chi connectivity index (χ3n) is 24.7. The predicted octanol–water partition coefficient (Wildman–Crippen LogP) is 27.9. The van der Waals surface area contributed by atoms with Crippen molar-refractivity contribution in [3.63, 3.8) is 0 Å². The fourth-order valence-electron chi connectivity index (χ4n) is 19.3. The van der Waals surface area contributed by atoms with Gasteiger partial charge in [-0.05, 0) is 233 Å². The Kier molecular flexibility index (Phi) is 33.0. The molecule has 11 aromatic carbocycles. The number of oxazole rings is 2. The van der Waals surface area contributed by atoms with Crippen LogP contribution in [0.4, 0.5) is 5.69 Å². The van der Waals surface area contributed by atoms with E-state index < -0.39 is 0 Å². The third kappa shape index (κ3) is 21.0. The van der Waals surface area contributed by atoms with Crippen molar-refractivity contribution in [2.75, 3.05) is 0 Å². The van der Waals surface area contributed by atoms with Crippen LogP contribution in [-0.4, -0.2) is 83.6 Å². The van der Waals surface area contributed by atoms with Gasteiger partial charge in [0.25, 0.3) is 0 Å². The minimum Gasteiger partial charge on any atom is -0.461 e. The monoisotopic (exact) mass is 2770 g/mol. The van der Waals surface area contributed by atoms with E-state index in [4.69, 9.17) is 33.8 Å². The van der Waals surface area contributed by atoms with Gasteiger partial charge in [0.2, 0.25) is 5.89 Å². The summed E-state index contributed by atoms with van der Waals surface area (Å²) in [7, 11) is 0. The molecule has 10 aromatic heterocycles. The molecule has 0 saturated heterocycles. The number of thiazole rings is 2. The summed E-state index contributed by atoms with van der Waals surface area (Å²) in [5, 5.41) is 6.59. The molecule has 0 atom stereocenters. The number of hydrogen-bond acceptors (Lipinski definition) is 16. The van der Waals surface area contributed by atoms with Crippen LogP contribution in [0, 0.1) is 169 Å². The molecule has 0 saturated carbocycles. The number of aromatic nitrogens is 16. The van der Waals surface area contributed by atoms with E-state index in [2.05, 4.69) is 293 Å². The zero-order valence-electron chi connectivity index (χ0n) is 82.1. The van der Waals surface area contributed by atoms with Gasteiger partial charge < -0.3 is 32.1 Å². The maximum Gasteiger partial charge on any atom is 0.215 e. The summed E-state index contributed by atoms with van der Waals surface area (Å²) in [5.41, 5.74) is 41.8. The molecule has 0 spiro atoms. The van der Waals surface area contributed by atoms with Gasteiger partial charge in [-0.15, -0.1) is 102 Å². The van der Waals surface area contributed by atoms with Crippen molar-refractivity contribution in [2.24, 2.45) is 4.99 Å². The number of aliphatic imine (C=N–C) groups is 1. The van der Waals surface area contributed by atoms with E-state index in [0.29, 0.717) is 11.8 Å². The van der Waals surface area contributed by atoms with Crippen molar-refractivity contribution in [3.05, 3.63) is 360 Å². The van der Waals surface area contributed by atoms with Crippen LogP contribution in [0.25, 0.3) is 151 Å². The van der Waals surface area contributed by atoms with Crippen molar-refractivity contribution >= 4 is 76.7 Å². The Balaban J connectivity index is 0.000000147. The van der Waals surface area contributed by atoms with Gasteiger partial charge in [0.1, 0.15) is 6.33 Å². The Morgan fingerprint density at radius 2 is 0.721 bits per heavy atom. The molecule has 5 radical (unpaired) electrons. The SMILES string of the molecule is CC1=Nc2c(-c3nccn3-c3c(C)cc(C)cc3C)[c-]ccc2C1(C)C.Cc1cc(C)c(-n2ccnc2-c2[c-]cc(-c3cc(C)nc(C)c3)c3oc(C)nc23)c(C)c1.Cc1cc(C)c(-n2ccnc2-c2[c-]ccc3oc(-c4ccccc4)nc23)c(C)c1.Cc1cc(C)c(-n2ccnc2-c2[c-]ccc3sc(C)nc23)c(C)c1.Cc1cc(C)c(-n2ncnc2-c2[c-]ccc3sc(C)nc23)c(C)c1.[Ir].[Ir].[Ir].[Ir].[Ir]. The van der Waals surface area contributed by atoms with Gasteiger partial charge >= 0.3 is 0 Å². The van der Waals surface area contributed by atoms with Crippen molar-refractivity contribution in [1.82, 2.24) is 77.9 Å². The van der Waals surface area contributed by atoms with Gasteiger partial charge in [0.15, 0.2) is 5.89 Å². The number of pyridine rings is 1. The maximum absolute atomic E-state index is 6.09. The number of rotatable bonds is 12. The molecule has 19 nitrogen and oxygen atoms in total. The summed E-state index contributed by atoms with van der Waals surface area (Å²) in [5.74, 6) is 5.38. The van der Waals surface area contributed by atoms with Crippen molar-refractivity contribution in [1.29, 1.82) is 0 Å². The Morgan fingerprint density at radius 3 is 1.16 bits per heavy atom. The molecule has 0 fully saturated rings. The predicted molar refractivity (Wildman–Crippen MR) is 548 cm³/mol. The van der Waals surface area contributed by atoms with E-state index in [-0.39, 0.29) is 106 Å². The molecule has 22 rings (SSSR count). The Hall–Kier alpha value is -11.8. The standard InChI is InChI=1S/C27H25N4O.C25H20N3O.C23H24N3.C20H18N3S.C19H17N4S.5Ir/c1-15-11-16(2)25(17(3)12-15)31-10-9-28-27(31)23-8-7-22(26-24(23)30-20(6)32-26)21-13-18(4)29-19(5)14-21;1-16-14-17(2)23(18(3)15-16)28-13-12-26-24(28)20-10-7-11-21-22(20)27-25(29-21)19-8-5-4-6-9-19;1-14-12-15(2)21(16(3)13-14)26-11-10-24-22(26)18-8-7-9-19-20(18)25-17(4)23(19,5)6;1-12-10-13(2)19(14(3)11-12)23-9-8-21-20(23)16-6-5-7-17-18(16)22-15(4)24-17;1-11-8-12(2)18(13(3)9-11)23-19(20-10-21-23)15-6-5-7-16-17(15)22-14(4)24-16;;;;;/h7,9-14H,1-6H3;4-9,11-15H,1-3H3;7,9-13H,1-6H3;5,7-11H,1-4H3;5,7-10H,1-4H3;;;;;/q5*-1;;;;;. The minimum absolute atomic E-state index is 0. The largest absolute Gasteiger partial charge is 0.461 e. The molecule has 140 heavy (non-hydrogen) atoms.